The number of carboxylic acid groups (broad SMARTS) is 2. The summed E-state index contributed by atoms with van der Waals surface area (Å²) in [7, 11) is 0. The van der Waals surface area contributed by atoms with Crippen molar-refractivity contribution in [3.05, 3.63) is 0 Å². The predicted molar refractivity (Wildman–Crippen MR) is 43.5 cm³/mol. The molecule has 0 bridgehead atoms. The molecule has 6 heteroatoms. The summed E-state index contributed by atoms with van der Waals surface area (Å²) >= 11 is 0. The van der Waals surface area contributed by atoms with E-state index in [1.807, 2.05) is 0 Å². The van der Waals surface area contributed by atoms with E-state index < -0.39 is 36.0 Å². The molecular weight excluding hydrogens is 192 g/mol. The maximum atomic E-state index is 10.7. The molecule has 1 rings (SSSR count). The zero-order chi connectivity index (χ0) is 10.9. The Bertz CT molecular complexity index is 224. The van der Waals surface area contributed by atoms with E-state index in [1.54, 1.807) is 0 Å². The Kier molecular flexibility index (Phi) is 3.07. The van der Waals surface area contributed by atoms with E-state index in [4.69, 9.17) is 10.2 Å². The fourth-order valence-corrected chi connectivity index (χ4v) is 1.71. The van der Waals surface area contributed by atoms with Crippen LogP contribution in [0, 0.1) is 11.8 Å². The summed E-state index contributed by atoms with van der Waals surface area (Å²) in [5.41, 5.74) is 0. The second kappa shape index (κ2) is 3.93. The number of carbonyl (C=O) groups is 2. The lowest BCUT2D eigenvalue weighted by Gasteiger charge is -2.32. The number of hydrogen-bond acceptors (Lipinski definition) is 4. The first-order chi connectivity index (χ1) is 6.43. The van der Waals surface area contributed by atoms with Crippen LogP contribution in [0.2, 0.25) is 0 Å². The van der Waals surface area contributed by atoms with Crippen LogP contribution in [0.4, 0.5) is 0 Å². The monoisotopic (exact) mass is 204 g/mol. The van der Waals surface area contributed by atoms with Crippen LogP contribution < -0.4 is 0 Å². The summed E-state index contributed by atoms with van der Waals surface area (Å²) in [5, 5.41) is 35.8. The lowest BCUT2D eigenvalue weighted by Crippen LogP contribution is -2.44. The van der Waals surface area contributed by atoms with Crippen LogP contribution in [0.15, 0.2) is 0 Å². The molecule has 0 heterocycles. The quantitative estimate of drug-likeness (QED) is 0.454. The predicted octanol–water partition coefficient (Wildman–Crippen LogP) is -1.10. The molecule has 1 aliphatic carbocycles. The molecule has 1 aliphatic rings. The van der Waals surface area contributed by atoms with Crippen molar-refractivity contribution in [1.29, 1.82) is 0 Å². The molecule has 0 amide bonds. The zero-order valence-electron chi connectivity index (χ0n) is 7.33. The third-order valence-corrected chi connectivity index (χ3v) is 2.56. The maximum absolute atomic E-state index is 10.7. The van der Waals surface area contributed by atoms with Gasteiger partial charge in [-0.3, -0.25) is 9.59 Å². The molecule has 0 saturated heterocycles. The molecule has 1 saturated carbocycles. The van der Waals surface area contributed by atoms with Crippen LogP contribution in [0.3, 0.4) is 0 Å². The van der Waals surface area contributed by atoms with Crippen molar-refractivity contribution >= 4 is 11.9 Å². The van der Waals surface area contributed by atoms with E-state index in [9.17, 15) is 19.8 Å². The Morgan fingerprint density at radius 3 is 1.36 bits per heavy atom. The third kappa shape index (κ3) is 2.02. The van der Waals surface area contributed by atoms with Gasteiger partial charge in [-0.25, -0.2) is 0 Å². The van der Waals surface area contributed by atoms with Gasteiger partial charge < -0.3 is 20.4 Å². The maximum Gasteiger partial charge on any atom is 0.307 e. The van der Waals surface area contributed by atoms with E-state index >= 15 is 0 Å². The average molecular weight is 204 g/mol. The number of rotatable bonds is 2. The van der Waals surface area contributed by atoms with Gasteiger partial charge in [0.2, 0.25) is 0 Å². The lowest BCUT2D eigenvalue weighted by molar-refractivity contribution is -0.162. The molecule has 0 aliphatic heterocycles. The molecule has 1 fully saturated rings. The average Bonchev–Trinajstić information content (AvgIpc) is 2.08. The smallest absolute Gasteiger partial charge is 0.307 e. The Hall–Kier alpha value is -1.14. The van der Waals surface area contributed by atoms with E-state index in [2.05, 4.69) is 0 Å². The molecular formula is C8H12O6. The topological polar surface area (TPSA) is 115 Å². The van der Waals surface area contributed by atoms with E-state index in [1.165, 1.54) is 0 Å². The second-order valence-electron chi connectivity index (χ2n) is 3.50. The summed E-state index contributed by atoms with van der Waals surface area (Å²) in [5.74, 6) is -4.73. The van der Waals surface area contributed by atoms with Gasteiger partial charge in [0.25, 0.3) is 0 Å². The van der Waals surface area contributed by atoms with E-state index in [0.717, 1.165) is 0 Å². The summed E-state index contributed by atoms with van der Waals surface area (Å²) in [4.78, 5) is 21.3. The molecule has 0 aromatic rings. The first kappa shape index (κ1) is 10.9. The van der Waals surface area contributed by atoms with E-state index in [0.29, 0.717) is 0 Å². The van der Waals surface area contributed by atoms with Crippen molar-refractivity contribution in [3.63, 3.8) is 0 Å². The molecule has 0 spiro atoms. The lowest BCUT2D eigenvalue weighted by atomic mass is 9.76. The van der Waals surface area contributed by atoms with Gasteiger partial charge >= 0.3 is 11.9 Å². The second-order valence-corrected chi connectivity index (χ2v) is 3.50. The fourth-order valence-electron chi connectivity index (χ4n) is 1.71. The number of aliphatic hydroxyl groups is 2. The molecule has 0 unspecified atom stereocenters. The van der Waals surface area contributed by atoms with Crippen molar-refractivity contribution in [2.24, 2.45) is 11.8 Å². The number of carboxylic acids is 2. The van der Waals surface area contributed by atoms with Crippen LogP contribution >= 0.6 is 0 Å². The van der Waals surface area contributed by atoms with Gasteiger partial charge in [-0.2, -0.15) is 0 Å². The molecule has 0 radical (unpaired) electrons. The molecule has 14 heavy (non-hydrogen) atoms. The first-order valence-corrected chi connectivity index (χ1v) is 4.25. The van der Waals surface area contributed by atoms with Crippen molar-refractivity contribution in [3.8, 4) is 0 Å². The van der Waals surface area contributed by atoms with Crippen LogP contribution in [-0.4, -0.2) is 44.6 Å². The molecule has 4 N–H and O–H groups in total. The Morgan fingerprint density at radius 1 is 0.857 bits per heavy atom. The van der Waals surface area contributed by atoms with Gasteiger partial charge in [0.05, 0.1) is 24.0 Å². The minimum absolute atomic E-state index is 0.215. The highest BCUT2D eigenvalue weighted by molar-refractivity contribution is 5.80. The highest BCUT2D eigenvalue weighted by Gasteiger charge is 2.42. The van der Waals surface area contributed by atoms with Gasteiger partial charge in [-0.05, 0) is 12.8 Å². The van der Waals surface area contributed by atoms with Crippen molar-refractivity contribution in [1.82, 2.24) is 0 Å². The largest absolute Gasteiger partial charge is 0.481 e. The summed E-state index contributed by atoms with van der Waals surface area (Å²) < 4.78 is 0. The van der Waals surface area contributed by atoms with Gasteiger partial charge in [0.1, 0.15) is 0 Å². The molecule has 6 nitrogen and oxygen atoms in total. The van der Waals surface area contributed by atoms with Gasteiger partial charge in [-0.1, -0.05) is 0 Å². The van der Waals surface area contributed by atoms with Crippen molar-refractivity contribution in [2.75, 3.05) is 0 Å². The zero-order valence-corrected chi connectivity index (χ0v) is 7.33. The minimum atomic E-state index is -1.25. The van der Waals surface area contributed by atoms with Crippen LogP contribution in [0.25, 0.3) is 0 Å². The number of aliphatic hydroxyl groups excluding tert-OH is 2. The van der Waals surface area contributed by atoms with Crippen LogP contribution in [0.5, 0.6) is 0 Å². The summed E-state index contributed by atoms with van der Waals surface area (Å²) in [6.07, 6.45) is -2.72. The minimum Gasteiger partial charge on any atom is -0.481 e. The molecule has 4 atom stereocenters. The number of hydrogen-bond donors (Lipinski definition) is 4. The summed E-state index contributed by atoms with van der Waals surface area (Å²) in [6.45, 7) is 0. The Labute approximate surface area is 79.8 Å². The normalized spacial score (nSPS) is 37.9. The third-order valence-electron chi connectivity index (χ3n) is 2.56. The van der Waals surface area contributed by atoms with Crippen molar-refractivity contribution < 1.29 is 30.0 Å². The van der Waals surface area contributed by atoms with E-state index in [-0.39, 0.29) is 12.8 Å². The molecule has 0 aromatic carbocycles. The first-order valence-electron chi connectivity index (χ1n) is 4.25. The number of aliphatic carboxylic acids is 2. The van der Waals surface area contributed by atoms with Gasteiger partial charge in [0.15, 0.2) is 0 Å². The highest BCUT2D eigenvalue weighted by atomic mass is 16.4. The van der Waals surface area contributed by atoms with Crippen LogP contribution in [0.1, 0.15) is 12.8 Å². The van der Waals surface area contributed by atoms with Crippen LogP contribution in [-0.2, 0) is 9.59 Å². The Balaban J connectivity index is 2.80. The van der Waals surface area contributed by atoms with Gasteiger partial charge in [0, 0.05) is 0 Å². The summed E-state index contributed by atoms with van der Waals surface area (Å²) in [6, 6.07) is 0. The molecule has 0 aromatic heterocycles. The molecule has 80 valence electrons. The SMILES string of the molecule is O=C(O)[C@H]1C[C@@H](O)[C@@H](O)C[C@H]1C(=O)O. The standard InChI is InChI=1S/C8H12O6/c9-5-1-3(7(11)12)4(8(13)14)2-6(5)10/h3-6,9-10H,1-2H2,(H,11,12)(H,13,14)/t3-,4+,5+,6-. The Morgan fingerprint density at radius 2 is 1.14 bits per heavy atom. The van der Waals surface area contributed by atoms with Gasteiger partial charge in [-0.15, -0.1) is 0 Å². The fraction of sp³-hybridized carbons (Fsp3) is 0.750. The van der Waals surface area contributed by atoms with Crippen molar-refractivity contribution in [2.45, 2.75) is 25.0 Å². The highest BCUT2D eigenvalue weighted by Crippen LogP contribution is 2.31.